The van der Waals surface area contributed by atoms with E-state index in [0.29, 0.717) is 22.8 Å². The highest BCUT2D eigenvalue weighted by Gasteiger charge is 2.18. The van der Waals surface area contributed by atoms with Gasteiger partial charge in [0.2, 0.25) is 0 Å². The minimum Gasteiger partial charge on any atom is -0.317 e. The normalized spacial score (nSPS) is 12.8. The largest absolute Gasteiger partial charge is 0.317 e. The lowest BCUT2D eigenvalue weighted by molar-refractivity contribution is -0.115. The number of rotatable bonds is 6. The second kappa shape index (κ2) is 8.41. The maximum absolute atomic E-state index is 12.4. The van der Waals surface area contributed by atoms with Crippen LogP contribution in [0.5, 0.6) is 0 Å². The van der Waals surface area contributed by atoms with E-state index < -0.39 is 21.5 Å². The Morgan fingerprint density at radius 2 is 1.86 bits per heavy atom. The lowest BCUT2D eigenvalue weighted by Crippen LogP contribution is -2.21. The van der Waals surface area contributed by atoms with Crippen molar-refractivity contribution in [2.24, 2.45) is 4.99 Å². The molecule has 0 saturated heterocycles. The van der Waals surface area contributed by atoms with Gasteiger partial charge >= 0.3 is 0 Å². The first kappa shape index (κ1) is 20.5. The van der Waals surface area contributed by atoms with E-state index in [1.54, 1.807) is 24.3 Å². The average molecular weight is 417 g/mol. The van der Waals surface area contributed by atoms with Gasteiger partial charge in [-0.05, 0) is 36.1 Å². The van der Waals surface area contributed by atoms with E-state index in [2.05, 4.69) is 31.0 Å². The Labute approximate surface area is 169 Å². The molecule has 0 aliphatic heterocycles. The van der Waals surface area contributed by atoms with E-state index >= 15 is 0 Å². The number of benzene rings is 2. The zero-order valence-corrected chi connectivity index (χ0v) is 17.9. The molecule has 148 valence electrons. The summed E-state index contributed by atoms with van der Waals surface area (Å²) < 4.78 is 27.7. The summed E-state index contributed by atoms with van der Waals surface area (Å²) in [6, 6.07) is 15.1. The fraction of sp³-hybridized carbons (Fsp3) is 0.333. The first-order valence-corrected chi connectivity index (χ1v) is 11.9. The fourth-order valence-corrected chi connectivity index (χ4v) is 5.45. The van der Waals surface area contributed by atoms with Crippen molar-refractivity contribution in [1.29, 1.82) is 0 Å². The van der Waals surface area contributed by atoms with Gasteiger partial charge in [-0.15, -0.1) is 0 Å². The molecule has 0 radical (unpaired) electrons. The Balaban J connectivity index is 1.89. The monoisotopic (exact) mass is 416 g/mol. The first-order valence-electron chi connectivity index (χ1n) is 9.24. The van der Waals surface area contributed by atoms with Gasteiger partial charge in [0.25, 0.3) is 5.91 Å². The second-order valence-electron chi connectivity index (χ2n) is 7.03. The molecular weight excluding hydrogens is 392 g/mol. The number of nitrogens with zero attached hydrogens (tertiary/aromatic N) is 2. The number of hydrogen-bond donors (Lipinski definition) is 0. The lowest BCUT2D eigenvalue weighted by atomic mass is 10.0. The molecule has 7 heteroatoms. The van der Waals surface area contributed by atoms with Gasteiger partial charge in [-0.3, -0.25) is 4.79 Å². The van der Waals surface area contributed by atoms with E-state index in [1.807, 2.05) is 23.6 Å². The van der Waals surface area contributed by atoms with Crippen molar-refractivity contribution in [2.45, 2.75) is 39.0 Å². The highest BCUT2D eigenvalue weighted by molar-refractivity contribution is 7.91. The highest BCUT2D eigenvalue weighted by atomic mass is 32.2. The standard InChI is InChI=1S/C21H24N2O3S2/c1-4-23-18-11-10-17(15(2)3)12-19(18)27-21(23)22-20(24)14-28(25,26)13-16-8-6-5-7-9-16/h5-12,15H,4,13-14H2,1-3H3. The van der Waals surface area contributed by atoms with E-state index in [-0.39, 0.29) is 5.75 Å². The summed E-state index contributed by atoms with van der Waals surface area (Å²) in [5.41, 5.74) is 2.90. The number of carbonyl (C=O) groups excluding carboxylic acids is 1. The van der Waals surface area contributed by atoms with Crippen molar-refractivity contribution in [2.75, 3.05) is 5.75 Å². The molecule has 0 saturated carbocycles. The molecule has 3 aromatic rings. The molecule has 3 rings (SSSR count). The van der Waals surface area contributed by atoms with E-state index in [9.17, 15) is 13.2 Å². The van der Waals surface area contributed by atoms with Crippen molar-refractivity contribution < 1.29 is 13.2 Å². The quantitative estimate of drug-likeness (QED) is 0.612. The third-order valence-corrected chi connectivity index (χ3v) is 6.98. The van der Waals surface area contributed by atoms with Crippen molar-refractivity contribution in [3.8, 4) is 0 Å². The van der Waals surface area contributed by atoms with Crippen molar-refractivity contribution in [3.63, 3.8) is 0 Å². The van der Waals surface area contributed by atoms with Crippen LogP contribution in [0.1, 0.15) is 37.8 Å². The zero-order chi connectivity index (χ0) is 20.3. The molecule has 0 bridgehead atoms. The van der Waals surface area contributed by atoms with Crippen molar-refractivity contribution in [3.05, 3.63) is 64.5 Å². The van der Waals surface area contributed by atoms with Gasteiger partial charge in [-0.25, -0.2) is 8.42 Å². The Bertz CT molecular complexity index is 1160. The molecule has 1 amide bonds. The smallest absolute Gasteiger partial charge is 0.263 e. The molecule has 28 heavy (non-hydrogen) atoms. The number of aryl methyl sites for hydroxylation is 1. The van der Waals surface area contributed by atoms with E-state index in [0.717, 1.165) is 10.2 Å². The van der Waals surface area contributed by atoms with Gasteiger partial charge in [-0.1, -0.05) is 61.6 Å². The molecule has 0 unspecified atom stereocenters. The van der Waals surface area contributed by atoms with Crippen molar-refractivity contribution >= 4 is 37.3 Å². The third-order valence-electron chi connectivity index (χ3n) is 4.48. The van der Waals surface area contributed by atoms with Crippen LogP contribution in [0.3, 0.4) is 0 Å². The van der Waals surface area contributed by atoms with Crippen LogP contribution in [-0.4, -0.2) is 24.6 Å². The number of amides is 1. The Kier molecular flexibility index (Phi) is 6.15. The second-order valence-corrected chi connectivity index (χ2v) is 10.1. The van der Waals surface area contributed by atoms with Gasteiger partial charge in [0.15, 0.2) is 14.6 Å². The molecule has 2 aromatic carbocycles. The molecular formula is C21H24N2O3S2. The van der Waals surface area contributed by atoms with Crippen LogP contribution in [0.2, 0.25) is 0 Å². The minimum atomic E-state index is -3.57. The predicted molar refractivity (Wildman–Crippen MR) is 114 cm³/mol. The number of fused-ring (bicyclic) bond motifs is 1. The van der Waals surface area contributed by atoms with E-state index in [1.165, 1.54) is 16.9 Å². The summed E-state index contributed by atoms with van der Waals surface area (Å²) in [4.78, 5) is 17.1. The molecule has 0 aliphatic rings. The third kappa shape index (κ3) is 4.77. The maximum atomic E-state index is 12.4. The molecule has 0 spiro atoms. The molecule has 1 heterocycles. The number of thiazole rings is 1. The highest BCUT2D eigenvalue weighted by Crippen LogP contribution is 2.23. The first-order chi connectivity index (χ1) is 13.3. The minimum absolute atomic E-state index is 0.160. The summed E-state index contributed by atoms with van der Waals surface area (Å²) in [6.45, 7) is 6.91. The SMILES string of the molecule is CCn1c(=NC(=O)CS(=O)(=O)Cc2ccccc2)sc2cc(C(C)C)ccc21. The topological polar surface area (TPSA) is 68.5 Å². The molecule has 5 nitrogen and oxygen atoms in total. The van der Waals surface area contributed by atoms with Crippen LogP contribution in [0.15, 0.2) is 53.5 Å². The Morgan fingerprint density at radius 1 is 1.14 bits per heavy atom. The summed E-state index contributed by atoms with van der Waals surface area (Å²) in [6.07, 6.45) is 0. The van der Waals surface area contributed by atoms with Crippen LogP contribution < -0.4 is 4.80 Å². The number of hydrogen-bond acceptors (Lipinski definition) is 4. The van der Waals surface area contributed by atoms with Gasteiger partial charge in [-0.2, -0.15) is 4.99 Å². The fourth-order valence-electron chi connectivity index (χ4n) is 3.05. The average Bonchev–Trinajstić information content (AvgIpc) is 2.97. The lowest BCUT2D eigenvalue weighted by Gasteiger charge is -2.05. The Hall–Kier alpha value is -2.25. The Morgan fingerprint density at radius 3 is 2.50 bits per heavy atom. The van der Waals surface area contributed by atoms with Gasteiger partial charge in [0, 0.05) is 6.54 Å². The van der Waals surface area contributed by atoms with Crippen LogP contribution in [0.4, 0.5) is 0 Å². The van der Waals surface area contributed by atoms with Crippen LogP contribution in [0, 0.1) is 0 Å². The van der Waals surface area contributed by atoms with Crippen molar-refractivity contribution in [1.82, 2.24) is 4.57 Å². The molecule has 0 aliphatic carbocycles. The maximum Gasteiger partial charge on any atom is 0.263 e. The molecule has 0 N–H and O–H groups in total. The summed E-state index contributed by atoms with van der Waals surface area (Å²) in [5, 5.41) is 0. The summed E-state index contributed by atoms with van der Waals surface area (Å²) in [7, 11) is -3.57. The van der Waals surface area contributed by atoms with E-state index in [4.69, 9.17) is 0 Å². The molecule has 0 fully saturated rings. The predicted octanol–water partition coefficient (Wildman–Crippen LogP) is 3.89. The van der Waals surface area contributed by atoms with Gasteiger partial charge in [0.05, 0.1) is 16.0 Å². The molecule has 1 aromatic heterocycles. The van der Waals surface area contributed by atoms with Gasteiger partial charge < -0.3 is 4.57 Å². The number of sulfone groups is 1. The summed E-state index contributed by atoms with van der Waals surface area (Å²) >= 11 is 1.42. The number of aromatic nitrogens is 1. The van der Waals surface area contributed by atoms with Crippen LogP contribution in [-0.2, 0) is 26.9 Å². The van der Waals surface area contributed by atoms with Gasteiger partial charge in [0.1, 0.15) is 5.75 Å². The summed E-state index contributed by atoms with van der Waals surface area (Å²) in [5.74, 6) is -0.968. The van der Waals surface area contributed by atoms with Crippen LogP contribution >= 0.6 is 11.3 Å². The molecule has 0 atom stereocenters. The zero-order valence-electron chi connectivity index (χ0n) is 16.3. The number of carbonyl (C=O) groups is 1. The van der Waals surface area contributed by atoms with Crippen LogP contribution in [0.25, 0.3) is 10.2 Å².